The van der Waals surface area contributed by atoms with Crippen molar-refractivity contribution in [2.75, 3.05) is 13.1 Å². The second kappa shape index (κ2) is 5.52. The number of nitrogens with zero attached hydrogens (tertiary/aromatic N) is 2. The maximum atomic E-state index is 12.2. The molecule has 1 unspecified atom stereocenters. The number of hydrogen-bond donors (Lipinski definition) is 2. The van der Waals surface area contributed by atoms with Crippen LogP contribution in [0.4, 0.5) is 0 Å². The van der Waals surface area contributed by atoms with E-state index in [1.54, 1.807) is 0 Å². The number of aromatic nitrogens is 2. The molecule has 0 saturated carbocycles. The first-order chi connectivity index (χ1) is 8.61. The van der Waals surface area contributed by atoms with Gasteiger partial charge in [0.25, 0.3) is 5.91 Å². The number of H-pyrrole nitrogens is 1. The molecule has 2 rings (SSSR count). The van der Waals surface area contributed by atoms with Gasteiger partial charge in [-0.1, -0.05) is 6.92 Å². The van der Waals surface area contributed by atoms with E-state index in [1.165, 1.54) is 0 Å². The predicted molar refractivity (Wildman–Crippen MR) is 70.2 cm³/mol. The van der Waals surface area contributed by atoms with Crippen molar-refractivity contribution in [1.29, 1.82) is 0 Å². The number of carbonyl (C=O) groups excluding carboxylic acids is 1. The third-order valence-electron chi connectivity index (χ3n) is 3.80. The van der Waals surface area contributed by atoms with E-state index in [4.69, 9.17) is 5.73 Å². The summed E-state index contributed by atoms with van der Waals surface area (Å²) in [6, 6.07) is 2.07. The highest BCUT2D eigenvalue weighted by Crippen LogP contribution is 2.20. The molecular formula is C13H22N4O. The Balaban J connectivity index is 1.95. The Hall–Kier alpha value is -1.36. The summed E-state index contributed by atoms with van der Waals surface area (Å²) in [7, 11) is 0. The Labute approximate surface area is 108 Å². The smallest absolute Gasteiger partial charge is 0.274 e. The number of piperidine rings is 1. The van der Waals surface area contributed by atoms with Crippen LogP contribution in [0.3, 0.4) is 0 Å². The summed E-state index contributed by atoms with van der Waals surface area (Å²) in [6.07, 6.45) is 2.86. The van der Waals surface area contributed by atoms with Crippen LogP contribution >= 0.6 is 0 Å². The van der Waals surface area contributed by atoms with Gasteiger partial charge >= 0.3 is 0 Å². The van der Waals surface area contributed by atoms with Crippen molar-refractivity contribution >= 4 is 5.91 Å². The van der Waals surface area contributed by atoms with Gasteiger partial charge in [0.1, 0.15) is 5.69 Å². The molecule has 100 valence electrons. The summed E-state index contributed by atoms with van der Waals surface area (Å²) in [5, 5.41) is 6.96. The molecule has 0 spiro atoms. The number of aryl methyl sites for hydroxylation is 1. The summed E-state index contributed by atoms with van der Waals surface area (Å²) in [5.41, 5.74) is 7.44. The summed E-state index contributed by atoms with van der Waals surface area (Å²) >= 11 is 0. The van der Waals surface area contributed by atoms with E-state index in [0.29, 0.717) is 11.6 Å². The summed E-state index contributed by atoms with van der Waals surface area (Å²) in [4.78, 5) is 14.1. The van der Waals surface area contributed by atoms with Crippen molar-refractivity contribution in [2.45, 2.75) is 39.2 Å². The van der Waals surface area contributed by atoms with Crippen LogP contribution in [0.5, 0.6) is 0 Å². The van der Waals surface area contributed by atoms with E-state index in [1.807, 2.05) is 24.8 Å². The highest BCUT2D eigenvalue weighted by molar-refractivity contribution is 5.92. The first-order valence-electron chi connectivity index (χ1n) is 6.71. The van der Waals surface area contributed by atoms with Gasteiger partial charge in [0, 0.05) is 24.8 Å². The molecule has 2 heterocycles. The molecule has 1 atom stereocenters. The zero-order chi connectivity index (χ0) is 13.1. The summed E-state index contributed by atoms with van der Waals surface area (Å²) in [5.74, 6) is 0.577. The van der Waals surface area contributed by atoms with Crippen molar-refractivity contribution in [1.82, 2.24) is 15.1 Å². The number of amides is 1. The molecule has 5 heteroatoms. The first kappa shape index (κ1) is 13.1. The van der Waals surface area contributed by atoms with Gasteiger partial charge in [-0.2, -0.15) is 5.10 Å². The molecule has 1 fully saturated rings. The first-order valence-corrected chi connectivity index (χ1v) is 6.71. The second-order valence-corrected chi connectivity index (χ2v) is 5.12. The van der Waals surface area contributed by atoms with E-state index >= 15 is 0 Å². The minimum absolute atomic E-state index is 0.0362. The fourth-order valence-electron chi connectivity index (χ4n) is 2.44. The molecule has 1 amide bonds. The van der Waals surface area contributed by atoms with E-state index < -0.39 is 0 Å². The third kappa shape index (κ3) is 2.72. The van der Waals surface area contributed by atoms with Crippen LogP contribution in [0, 0.1) is 5.92 Å². The van der Waals surface area contributed by atoms with E-state index in [2.05, 4.69) is 10.2 Å². The van der Waals surface area contributed by atoms with Crippen molar-refractivity contribution < 1.29 is 4.79 Å². The zero-order valence-corrected chi connectivity index (χ0v) is 11.1. The molecule has 0 aliphatic carbocycles. The lowest BCUT2D eigenvalue weighted by molar-refractivity contribution is 0.0675. The van der Waals surface area contributed by atoms with Gasteiger partial charge in [-0.05, 0) is 38.2 Å². The normalized spacial score (nSPS) is 18.9. The van der Waals surface area contributed by atoms with Gasteiger partial charge in [-0.15, -0.1) is 0 Å². The van der Waals surface area contributed by atoms with Crippen LogP contribution in [0.15, 0.2) is 6.07 Å². The minimum atomic E-state index is 0.0362. The number of nitrogens with one attached hydrogen (secondary N) is 1. The lowest BCUT2D eigenvalue weighted by Gasteiger charge is -2.33. The van der Waals surface area contributed by atoms with Crippen LogP contribution in [-0.2, 0) is 6.42 Å². The maximum Gasteiger partial charge on any atom is 0.274 e. The van der Waals surface area contributed by atoms with Crippen LogP contribution in [0.1, 0.15) is 42.9 Å². The average Bonchev–Trinajstić information content (AvgIpc) is 2.86. The Morgan fingerprint density at radius 1 is 1.61 bits per heavy atom. The summed E-state index contributed by atoms with van der Waals surface area (Å²) < 4.78 is 0. The van der Waals surface area contributed by atoms with Gasteiger partial charge in [-0.3, -0.25) is 9.89 Å². The number of aromatic amines is 1. The number of likely N-dealkylation sites (tertiary alicyclic amines) is 1. The molecule has 0 radical (unpaired) electrons. The van der Waals surface area contributed by atoms with Crippen molar-refractivity contribution in [3.63, 3.8) is 0 Å². The Morgan fingerprint density at radius 3 is 2.78 bits per heavy atom. The molecule has 18 heavy (non-hydrogen) atoms. The number of rotatable bonds is 3. The van der Waals surface area contributed by atoms with E-state index in [0.717, 1.165) is 38.0 Å². The molecule has 0 aromatic carbocycles. The minimum Gasteiger partial charge on any atom is -0.337 e. The highest BCUT2D eigenvalue weighted by Gasteiger charge is 2.26. The van der Waals surface area contributed by atoms with E-state index in [-0.39, 0.29) is 11.9 Å². The molecule has 1 aromatic rings. The van der Waals surface area contributed by atoms with Crippen LogP contribution in [0.2, 0.25) is 0 Å². The summed E-state index contributed by atoms with van der Waals surface area (Å²) in [6.45, 7) is 5.66. The Morgan fingerprint density at radius 2 is 2.28 bits per heavy atom. The van der Waals surface area contributed by atoms with Crippen LogP contribution in [0.25, 0.3) is 0 Å². The SMILES string of the molecule is CCc1cc(C(=O)N2CCC(C(C)N)CC2)n[nH]1. The van der Waals surface area contributed by atoms with Crippen LogP contribution in [-0.4, -0.2) is 40.1 Å². The predicted octanol–water partition coefficient (Wildman–Crippen LogP) is 1.17. The third-order valence-corrected chi connectivity index (χ3v) is 3.80. The van der Waals surface area contributed by atoms with Crippen molar-refractivity contribution in [3.8, 4) is 0 Å². The van der Waals surface area contributed by atoms with E-state index in [9.17, 15) is 4.79 Å². The molecule has 1 aromatic heterocycles. The number of carbonyl (C=O) groups is 1. The average molecular weight is 250 g/mol. The highest BCUT2D eigenvalue weighted by atomic mass is 16.2. The number of hydrogen-bond acceptors (Lipinski definition) is 3. The van der Waals surface area contributed by atoms with Gasteiger partial charge in [0.2, 0.25) is 0 Å². The Kier molecular flexibility index (Phi) is 4.01. The lowest BCUT2D eigenvalue weighted by Crippen LogP contribution is -2.42. The van der Waals surface area contributed by atoms with Gasteiger partial charge in [0.05, 0.1) is 0 Å². The fraction of sp³-hybridized carbons (Fsp3) is 0.692. The topological polar surface area (TPSA) is 75.0 Å². The van der Waals surface area contributed by atoms with Crippen molar-refractivity contribution in [3.05, 3.63) is 17.5 Å². The molecule has 1 aliphatic heterocycles. The molecule has 1 saturated heterocycles. The molecule has 3 N–H and O–H groups in total. The second-order valence-electron chi connectivity index (χ2n) is 5.12. The lowest BCUT2D eigenvalue weighted by atomic mass is 9.91. The standard InChI is InChI=1S/C13H22N4O/c1-3-11-8-12(16-15-11)13(18)17-6-4-10(5-7-17)9(2)14/h8-10H,3-7,14H2,1-2H3,(H,15,16). The molecule has 1 aliphatic rings. The largest absolute Gasteiger partial charge is 0.337 e. The number of nitrogens with two attached hydrogens (primary N) is 1. The quantitative estimate of drug-likeness (QED) is 0.845. The van der Waals surface area contributed by atoms with Gasteiger partial charge in [-0.25, -0.2) is 0 Å². The zero-order valence-electron chi connectivity index (χ0n) is 11.1. The Bertz CT molecular complexity index is 405. The monoisotopic (exact) mass is 250 g/mol. The fourth-order valence-corrected chi connectivity index (χ4v) is 2.44. The maximum absolute atomic E-state index is 12.2. The molecule has 0 bridgehead atoms. The van der Waals surface area contributed by atoms with Crippen molar-refractivity contribution in [2.24, 2.45) is 11.7 Å². The molecule has 5 nitrogen and oxygen atoms in total. The van der Waals surface area contributed by atoms with Gasteiger partial charge in [0.15, 0.2) is 0 Å². The van der Waals surface area contributed by atoms with Crippen LogP contribution < -0.4 is 5.73 Å². The molecular weight excluding hydrogens is 228 g/mol. The van der Waals surface area contributed by atoms with Gasteiger partial charge < -0.3 is 10.6 Å².